The van der Waals surface area contributed by atoms with E-state index in [4.69, 9.17) is 0 Å². The lowest BCUT2D eigenvalue weighted by molar-refractivity contribution is 0.297. The van der Waals surface area contributed by atoms with Gasteiger partial charge in [-0.2, -0.15) is 5.10 Å². The minimum atomic E-state index is -0.121. The Balaban J connectivity index is 1.95. The Morgan fingerprint density at radius 3 is 2.43 bits per heavy atom. The van der Waals surface area contributed by atoms with Gasteiger partial charge in [0.05, 0.1) is 17.6 Å². The minimum Gasteiger partial charge on any atom is -0.733 e. The third kappa shape index (κ3) is 3.11. The van der Waals surface area contributed by atoms with Crippen LogP contribution in [0, 0.1) is 5.21 Å². The smallest absolute Gasteiger partial charge is 0.0646 e. The Bertz CT molecular complexity index is 792. The number of nitrogens with zero attached hydrogens (tertiary/aromatic N) is 3. The Hall–Kier alpha value is -2.63. The molecule has 0 spiro atoms. The van der Waals surface area contributed by atoms with Crippen molar-refractivity contribution in [2.45, 2.75) is 19.8 Å². The molecular weight excluding hydrogens is 290 g/mol. The zero-order chi connectivity index (χ0) is 16.4. The van der Waals surface area contributed by atoms with Gasteiger partial charge in [0.15, 0.2) is 0 Å². The van der Waals surface area contributed by atoms with Gasteiger partial charge in [0.2, 0.25) is 0 Å². The molecule has 0 bridgehead atoms. The third-order valence-corrected chi connectivity index (χ3v) is 3.83. The summed E-state index contributed by atoms with van der Waals surface area (Å²) in [6.07, 6.45) is 3.52. The molecule has 23 heavy (non-hydrogen) atoms. The number of para-hydroxylation sites is 1. The first-order valence-electron chi connectivity index (χ1n) is 7.47. The largest absolute Gasteiger partial charge is 0.733 e. The molecular formula is C18H18N3O2-. The van der Waals surface area contributed by atoms with Gasteiger partial charge in [-0.15, -0.1) is 0 Å². The van der Waals surface area contributed by atoms with E-state index < -0.39 is 0 Å². The average molecular weight is 308 g/mol. The van der Waals surface area contributed by atoms with Crippen LogP contribution in [0.25, 0.3) is 16.8 Å². The normalized spacial score (nSPS) is 11.0. The molecule has 0 aliphatic carbocycles. The summed E-state index contributed by atoms with van der Waals surface area (Å²) < 4.78 is 1.75. The molecule has 3 rings (SSSR count). The standard InChI is InChI=1S/C18H18N3O2/c1-13(2)14-7-9-16(10-8-14)20-12-15(11-19-20)17-5-3-4-6-18(17)21(22)23/h3-13,22H,1-2H3/q-1. The van der Waals surface area contributed by atoms with Crippen LogP contribution in [0.3, 0.4) is 0 Å². The van der Waals surface area contributed by atoms with Gasteiger partial charge in [-0.05, 0) is 29.7 Å². The summed E-state index contributed by atoms with van der Waals surface area (Å²) in [4.78, 5) is 0. The van der Waals surface area contributed by atoms with Crippen LogP contribution in [0.5, 0.6) is 0 Å². The summed E-state index contributed by atoms with van der Waals surface area (Å²) in [5.41, 5.74) is 3.82. The predicted molar refractivity (Wildman–Crippen MR) is 90.7 cm³/mol. The Morgan fingerprint density at radius 1 is 1.09 bits per heavy atom. The van der Waals surface area contributed by atoms with Gasteiger partial charge < -0.3 is 10.4 Å². The number of benzene rings is 2. The molecule has 0 fully saturated rings. The van der Waals surface area contributed by atoms with E-state index in [-0.39, 0.29) is 10.9 Å². The molecule has 0 aliphatic heterocycles. The molecule has 0 radical (unpaired) electrons. The highest BCUT2D eigenvalue weighted by atomic mass is 16.8. The lowest BCUT2D eigenvalue weighted by Gasteiger charge is -2.24. The summed E-state index contributed by atoms with van der Waals surface area (Å²) in [6, 6.07) is 15.1. The maximum atomic E-state index is 11.3. The molecule has 0 saturated heterocycles. The molecule has 0 atom stereocenters. The van der Waals surface area contributed by atoms with E-state index in [1.54, 1.807) is 29.1 Å². The second-order valence-electron chi connectivity index (χ2n) is 5.71. The van der Waals surface area contributed by atoms with Crippen molar-refractivity contribution in [3.63, 3.8) is 0 Å². The quantitative estimate of drug-likeness (QED) is 0.727. The molecule has 0 saturated carbocycles. The Kier molecular flexibility index (Phi) is 4.14. The fraction of sp³-hybridized carbons (Fsp3) is 0.167. The summed E-state index contributed by atoms with van der Waals surface area (Å²) >= 11 is 0. The number of aromatic nitrogens is 2. The maximum Gasteiger partial charge on any atom is 0.0646 e. The van der Waals surface area contributed by atoms with Gasteiger partial charge in [-0.3, -0.25) is 5.21 Å². The molecule has 5 nitrogen and oxygen atoms in total. The average Bonchev–Trinajstić information content (AvgIpc) is 3.04. The summed E-state index contributed by atoms with van der Waals surface area (Å²) in [7, 11) is 0. The highest BCUT2D eigenvalue weighted by Crippen LogP contribution is 2.30. The first-order chi connectivity index (χ1) is 11.1. The van der Waals surface area contributed by atoms with Gasteiger partial charge >= 0.3 is 0 Å². The molecule has 0 amide bonds. The van der Waals surface area contributed by atoms with E-state index in [9.17, 15) is 10.4 Å². The van der Waals surface area contributed by atoms with Gasteiger partial charge in [0.25, 0.3) is 0 Å². The van der Waals surface area contributed by atoms with E-state index >= 15 is 0 Å². The SMILES string of the molecule is CC(C)c1ccc(-n2cc(-c3ccccc3N([O-])O)cn2)cc1. The molecule has 3 aromatic rings. The highest BCUT2D eigenvalue weighted by molar-refractivity contribution is 5.77. The zero-order valence-electron chi connectivity index (χ0n) is 13.0. The van der Waals surface area contributed by atoms with Crippen molar-refractivity contribution in [2.24, 2.45) is 0 Å². The van der Waals surface area contributed by atoms with Crippen molar-refractivity contribution >= 4 is 5.69 Å². The zero-order valence-corrected chi connectivity index (χ0v) is 13.0. The minimum absolute atomic E-state index is 0.121. The van der Waals surface area contributed by atoms with Crippen LogP contribution in [0.1, 0.15) is 25.3 Å². The van der Waals surface area contributed by atoms with E-state index in [2.05, 4.69) is 31.1 Å². The predicted octanol–water partition coefficient (Wildman–Crippen LogP) is 4.36. The molecule has 118 valence electrons. The summed E-state index contributed by atoms with van der Waals surface area (Å²) in [5, 5.41) is 24.7. The highest BCUT2D eigenvalue weighted by Gasteiger charge is 2.09. The summed E-state index contributed by atoms with van der Waals surface area (Å²) in [6.45, 7) is 4.31. The monoisotopic (exact) mass is 308 g/mol. The molecule has 1 N–H and O–H groups in total. The van der Waals surface area contributed by atoms with Crippen LogP contribution in [0.4, 0.5) is 5.69 Å². The van der Waals surface area contributed by atoms with E-state index in [0.29, 0.717) is 11.5 Å². The fourth-order valence-electron chi connectivity index (χ4n) is 2.50. The third-order valence-electron chi connectivity index (χ3n) is 3.83. The van der Waals surface area contributed by atoms with Crippen LogP contribution >= 0.6 is 0 Å². The number of hydrogen-bond acceptors (Lipinski definition) is 4. The molecule has 5 heteroatoms. The Morgan fingerprint density at radius 2 is 1.78 bits per heavy atom. The van der Waals surface area contributed by atoms with Crippen LogP contribution in [0.15, 0.2) is 60.9 Å². The van der Waals surface area contributed by atoms with Gasteiger partial charge in [-0.1, -0.05) is 44.2 Å². The number of rotatable bonds is 4. The fourth-order valence-corrected chi connectivity index (χ4v) is 2.50. The van der Waals surface area contributed by atoms with Gasteiger partial charge in [0.1, 0.15) is 0 Å². The van der Waals surface area contributed by atoms with Crippen molar-refractivity contribution in [3.8, 4) is 16.8 Å². The van der Waals surface area contributed by atoms with Crippen molar-refractivity contribution < 1.29 is 5.21 Å². The van der Waals surface area contributed by atoms with Crippen LogP contribution in [-0.2, 0) is 0 Å². The molecule has 2 aromatic carbocycles. The maximum absolute atomic E-state index is 11.3. The van der Waals surface area contributed by atoms with Crippen LogP contribution in [0.2, 0.25) is 0 Å². The summed E-state index contributed by atoms with van der Waals surface area (Å²) in [5.74, 6) is 0.483. The molecule has 1 aromatic heterocycles. The Labute approximate surface area is 135 Å². The van der Waals surface area contributed by atoms with Crippen molar-refractivity contribution in [1.82, 2.24) is 9.78 Å². The van der Waals surface area contributed by atoms with Crippen LogP contribution < -0.4 is 5.23 Å². The first-order valence-corrected chi connectivity index (χ1v) is 7.47. The first kappa shape index (κ1) is 15.3. The number of anilines is 1. The second kappa shape index (κ2) is 6.24. The van der Waals surface area contributed by atoms with Gasteiger partial charge in [-0.25, -0.2) is 4.68 Å². The van der Waals surface area contributed by atoms with Gasteiger partial charge in [0, 0.05) is 17.3 Å². The number of hydrogen-bond donors (Lipinski definition) is 1. The van der Waals surface area contributed by atoms with E-state index in [1.165, 1.54) is 5.56 Å². The van der Waals surface area contributed by atoms with Crippen molar-refractivity contribution in [3.05, 3.63) is 71.7 Å². The van der Waals surface area contributed by atoms with E-state index in [1.807, 2.05) is 24.4 Å². The lowest BCUT2D eigenvalue weighted by atomic mass is 10.0. The lowest BCUT2D eigenvalue weighted by Crippen LogP contribution is -2.08. The van der Waals surface area contributed by atoms with Crippen molar-refractivity contribution in [1.29, 1.82) is 0 Å². The topological polar surface area (TPSA) is 64.3 Å². The second-order valence-corrected chi connectivity index (χ2v) is 5.71. The van der Waals surface area contributed by atoms with Crippen LogP contribution in [-0.4, -0.2) is 15.0 Å². The molecule has 1 heterocycles. The molecule has 0 aliphatic rings. The molecule has 0 unspecified atom stereocenters. The van der Waals surface area contributed by atoms with Crippen molar-refractivity contribution in [2.75, 3.05) is 5.23 Å². The van der Waals surface area contributed by atoms with E-state index in [0.717, 1.165) is 11.3 Å².